The minimum Gasteiger partial charge on any atom is -0.618 e. The van der Waals surface area contributed by atoms with E-state index >= 15 is 0 Å². The lowest BCUT2D eigenvalue weighted by molar-refractivity contribution is -0.616. The van der Waals surface area contributed by atoms with Crippen LogP contribution in [0.3, 0.4) is 0 Å². The fraction of sp³-hybridized carbons (Fsp3) is 0.271. The van der Waals surface area contributed by atoms with E-state index in [9.17, 15) is 25.2 Å². The molecule has 0 atom stereocenters. The van der Waals surface area contributed by atoms with E-state index in [2.05, 4.69) is 0 Å². The molecular weight excluding hydrogens is 823 g/mol. The molecule has 64 heavy (non-hydrogen) atoms. The van der Waals surface area contributed by atoms with Crippen molar-refractivity contribution in [2.75, 3.05) is 49.5 Å². The predicted molar refractivity (Wildman–Crippen MR) is 236 cm³/mol. The molecule has 3 heterocycles. The Kier molecular flexibility index (Phi) is 16.9. The molecule has 7 rings (SSSR count). The van der Waals surface area contributed by atoms with Gasteiger partial charge in [0.15, 0.2) is 72.9 Å². The maximum absolute atomic E-state index is 12.4. The number of rotatable bonds is 14. The van der Waals surface area contributed by atoms with Gasteiger partial charge in [-0.3, -0.25) is 9.59 Å². The third-order valence-electron chi connectivity index (χ3n) is 9.86. The van der Waals surface area contributed by atoms with Crippen LogP contribution in [0.1, 0.15) is 50.5 Å². The lowest BCUT2D eigenvalue weighted by atomic mass is 9.94. The molecule has 2 amide bonds. The van der Waals surface area contributed by atoms with Gasteiger partial charge in [-0.25, -0.2) is 0 Å². The number of methoxy groups -OCH3 is 3. The Bertz CT molecular complexity index is 2250. The fourth-order valence-corrected chi connectivity index (χ4v) is 6.53. The number of ether oxygens (including phenoxy) is 6. The van der Waals surface area contributed by atoms with Crippen molar-refractivity contribution in [3.05, 3.63) is 176 Å². The summed E-state index contributed by atoms with van der Waals surface area (Å²) in [5.74, 6) is 3.05. The quantitative estimate of drug-likeness (QED) is 0.0830. The number of aromatic nitrogens is 3. The van der Waals surface area contributed by atoms with Gasteiger partial charge in [0.1, 0.15) is 0 Å². The van der Waals surface area contributed by atoms with Gasteiger partial charge < -0.3 is 53.8 Å². The summed E-state index contributed by atoms with van der Waals surface area (Å²) in [6.07, 6.45) is 7.34. The first-order chi connectivity index (χ1) is 30.9. The van der Waals surface area contributed by atoms with Gasteiger partial charge >= 0.3 is 0 Å². The molecule has 0 spiro atoms. The van der Waals surface area contributed by atoms with Gasteiger partial charge in [-0.05, 0) is 107 Å². The van der Waals surface area contributed by atoms with Crippen molar-refractivity contribution in [1.82, 2.24) is 9.80 Å². The first kappa shape index (κ1) is 47.3. The van der Waals surface area contributed by atoms with E-state index in [0.29, 0.717) is 70.8 Å². The van der Waals surface area contributed by atoms with Crippen LogP contribution in [0.5, 0.6) is 34.5 Å². The van der Waals surface area contributed by atoms with Gasteiger partial charge in [0.05, 0.1) is 21.3 Å². The molecule has 1 aliphatic carbocycles. The highest BCUT2D eigenvalue weighted by Gasteiger charge is 2.24. The summed E-state index contributed by atoms with van der Waals surface area (Å²) in [6.45, 7) is 0.135. The van der Waals surface area contributed by atoms with Gasteiger partial charge in [-0.15, -0.1) is 0 Å². The predicted octanol–water partition coefficient (Wildman–Crippen LogP) is 4.84. The Labute approximate surface area is 372 Å². The van der Waals surface area contributed by atoms with Gasteiger partial charge in [0, 0.05) is 64.6 Å². The van der Waals surface area contributed by atoms with Gasteiger partial charge in [0.25, 0.3) is 0 Å². The van der Waals surface area contributed by atoms with Gasteiger partial charge in [-0.1, -0.05) is 0 Å². The van der Waals surface area contributed by atoms with Crippen molar-refractivity contribution < 1.29 is 52.2 Å². The third kappa shape index (κ3) is 12.7. The molecule has 0 N–H and O–H groups in total. The van der Waals surface area contributed by atoms with Crippen LogP contribution in [0.2, 0.25) is 0 Å². The SMILES string of the molecule is CN(C)C=O.CN(C)C=O.COc1cc2c(cc1OCc1cccc[n+]1[O-])Cc1cc(OC)c(OCc3cccc[n+]3[O-])cc1Cc1cc(OC)c(OCc3cccc[n+]3[O-])cc1C2. The van der Waals surface area contributed by atoms with E-state index in [-0.39, 0.29) is 19.8 Å². The van der Waals surface area contributed by atoms with Gasteiger partial charge in [-0.2, -0.15) is 14.2 Å². The molecule has 16 nitrogen and oxygen atoms in total. The number of fused-ring (bicyclic) bond motifs is 3. The third-order valence-corrected chi connectivity index (χ3v) is 9.86. The van der Waals surface area contributed by atoms with E-state index < -0.39 is 0 Å². The van der Waals surface area contributed by atoms with Crippen LogP contribution in [0.4, 0.5) is 0 Å². The summed E-state index contributed by atoms with van der Waals surface area (Å²) in [4.78, 5) is 21.8. The second-order valence-corrected chi connectivity index (χ2v) is 14.9. The highest BCUT2D eigenvalue weighted by molar-refractivity contribution is 5.58. The normalized spacial score (nSPS) is 11.0. The largest absolute Gasteiger partial charge is 0.618 e. The van der Waals surface area contributed by atoms with Crippen molar-refractivity contribution in [3.63, 3.8) is 0 Å². The summed E-state index contributed by atoms with van der Waals surface area (Å²) in [5.41, 5.74) is 7.28. The number of amides is 2. The van der Waals surface area contributed by atoms with Crippen LogP contribution in [0, 0.1) is 15.6 Å². The molecule has 6 aromatic rings. The Hall–Kier alpha value is -7.75. The van der Waals surface area contributed by atoms with Gasteiger partial charge in [0.2, 0.25) is 29.9 Å². The zero-order valence-electron chi connectivity index (χ0n) is 37.0. The molecular formula is C48H53N5O11. The van der Waals surface area contributed by atoms with Crippen LogP contribution in [0.15, 0.2) is 110 Å². The average molecular weight is 876 g/mol. The molecule has 0 radical (unpaired) electrons. The number of nitrogens with zero attached hydrogens (tertiary/aromatic N) is 5. The molecule has 0 bridgehead atoms. The Morgan fingerprint density at radius 3 is 0.891 bits per heavy atom. The van der Waals surface area contributed by atoms with E-state index in [1.165, 1.54) is 28.4 Å². The fourth-order valence-electron chi connectivity index (χ4n) is 6.53. The Morgan fingerprint density at radius 2 is 0.688 bits per heavy atom. The van der Waals surface area contributed by atoms with Crippen LogP contribution in [-0.2, 0) is 48.7 Å². The molecule has 0 aliphatic heterocycles. The topological polar surface area (TPSA) is 177 Å². The summed E-state index contributed by atoms with van der Waals surface area (Å²) in [6, 6.07) is 27.3. The van der Waals surface area contributed by atoms with Crippen molar-refractivity contribution in [2.24, 2.45) is 0 Å². The smallest absolute Gasteiger partial charge is 0.230 e. The zero-order valence-corrected chi connectivity index (χ0v) is 37.0. The highest BCUT2D eigenvalue weighted by atomic mass is 16.5. The summed E-state index contributed by atoms with van der Waals surface area (Å²) < 4.78 is 38.5. The second-order valence-electron chi connectivity index (χ2n) is 14.9. The Morgan fingerprint density at radius 1 is 0.453 bits per heavy atom. The maximum Gasteiger partial charge on any atom is 0.230 e. The minimum atomic E-state index is 0.0451. The molecule has 0 unspecified atom stereocenters. The molecule has 336 valence electrons. The molecule has 3 aromatic heterocycles. The first-order valence-corrected chi connectivity index (χ1v) is 20.1. The summed E-state index contributed by atoms with van der Waals surface area (Å²) >= 11 is 0. The number of hydrogen-bond acceptors (Lipinski definition) is 11. The zero-order chi connectivity index (χ0) is 46.2. The summed E-state index contributed by atoms with van der Waals surface area (Å²) in [7, 11) is 11.5. The van der Waals surface area contributed by atoms with Crippen LogP contribution < -0.4 is 42.6 Å². The van der Waals surface area contributed by atoms with Crippen LogP contribution in [-0.4, -0.2) is 72.1 Å². The van der Waals surface area contributed by atoms with Crippen LogP contribution >= 0.6 is 0 Å². The van der Waals surface area contributed by atoms with E-state index in [1.807, 2.05) is 36.4 Å². The standard InChI is InChI=1S/C42H39N3O9.2C3H7NO/c1-49-37-19-28-16-32-23-41(53-26-35-11-5-8-14-44(35)47)39(51-3)21-30(32)18-33-24-42(54-27-36-12-6-9-15-45(36)48)38(50-2)20-29(33)17-31(28)22-40(37)52-25-34-10-4-7-13-43(34)46;2*1-4(2)3-5/h4-15,19-24H,16-18,25-27H2,1-3H3;2*3H,1-2H3. The summed E-state index contributed by atoms with van der Waals surface area (Å²) in [5, 5.41) is 37.1. The molecule has 0 fully saturated rings. The number of carbonyl (C=O) groups excluding carboxylic acids is 2. The number of pyridine rings is 3. The molecule has 0 saturated heterocycles. The lowest BCUT2D eigenvalue weighted by Gasteiger charge is -2.18. The van der Waals surface area contributed by atoms with Crippen molar-refractivity contribution >= 4 is 12.8 Å². The van der Waals surface area contributed by atoms with Crippen LogP contribution in [0.25, 0.3) is 0 Å². The average Bonchev–Trinajstić information content (AvgIpc) is 3.35. The second kappa shape index (κ2) is 22.9. The van der Waals surface area contributed by atoms with Crippen molar-refractivity contribution in [1.29, 1.82) is 0 Å². The minimum absolute atomic E-state index is 0.0451. The lowest BCUT2D eigenvalue weighted by Crippen LogP contribution is -2.31. The first-order valence-electron chi connectivity index (χ1n) is 20.1. The monoisotopic (exact) mass is 875 g/mol. The molecule has 1 aliphatic rings. The Balaban J connectivity index is 0.000000695. The number of carbonyl (C=O) groups is 2. The molecule has 0 saturated carbocycles. The number of benzene rings is 3. The number of hydrogen-bond donors (Lipinski definition) is 0. The van der Waals surface area contributed by atoms with E-state index in [0.717, 1.165) is 60.4 Å². The van der Waals surface area contributed by atoms with E-state index in [4.69, 9.17) is 28.4 Å². The van der Waals surface area contributed by atoms with E-state index in [1.54, 1.807) is 104 Å². The maximum atomic E-state index is 12.4. The van der Waals surface area contributed by atoms with Crippen molar-refractivity contribution in [2.45, 2.75) is 39.1 Å². The molecule has 16 heteroatoms. The highest BCUT2D eigenvalue weighted by Crippen LogP contribution is 2.41. The molecule has 3 aromatic carbocycles. The van der Waals surface area contributed by atoms with Crippen molar-refractivity contribution in [3.8, 4) is 34.5 Å².